The van der Waals surface area contributed by atoms with Gasteiger partial charge in [0.05, 0.1) is 6.61 Å². The zero-order valence-corrected chi connectivity index (χ0v) is 11.9. The van der Waals surface area contributed by atoms with Crippen LogP contribution in [0.5, 0.6) is 0 Å². The molecule has 2 aliphatic heterocycles. The van der Waals surface area contributed by atoms with Crippen molar-refractivity contribution in [1.82, 2.24) is 0 Å². The summed E-state index contributed by atoms with van der Waals surface area (Å²) < 4.78 is 22.0. The number of hydrogen-bond donors (Lipinski definition) is 0. The summed E-state index contributed by atoms with van der Waals surface area (Å²) in [4.78, 5) is 15.2. The Bertz CT molecular complexity index is 589. The van der Waals surface area contributed by atoms with Gasteiger partial charge in [0.1, 0.15) is 18.2 Å². The highest BCUT2D eigenvalue weighted by Crippen LogP contribution is 2.33. The maximum Gasteiger partial charge on any atom is 0.184 e. The third-order valence-electron chi connectivity index (χ3n) is 3.64. The smallest absolute Gasteiger partial charge is 0.184 e. The minimum Gasteiger partial charge on any atom is -0.355 e. The number of rotatable bonds is 3. The van der Waals surface area contributed by atoms with E-state index in [1.54, 1.807) is 0 Å². The third kappa shape index (κ3) is 2.70. The Labute approximate surface area is 126 Å². The van der Waals surface area contributed by atoms with Crippen LogP contribution < -0.4 is 0 Å². The Kier molecular flexibility index (Phi) is 4.37. The Hall–Kier alpha value is -1.96. The van der Waals surface area contributed by atoms with Crippen LogP contribution in [0.2, 0.25) is 0 Å². The average molecular weight is 305 g/mol. The van der Waals surface area contributed by atoms with Crippen LogP contribution in [0.15, 0.2) is 35.4 Å². The maximum atomic E-state index is 12.5. The predicted molar refractivity (Wildman–Crippen MR) is 73.6 cm³/mol. The van der Waals surface area contributed by atoms with E-state index in [0.717, 1.165) is 5.56 Å². The van der Waals surface area contributed by atoms with Crippen LogP contribution in [0, 0.1) is 0 Å². The van der Waals surface area contributed by atoms with Gasteiger partial charge in [0.25, 0.3) is 0 Å². The molecule has 22 heavy (non-hydrogen) atoms. The van der Waals surface area contributed by atoms with Crippen LogP contribution in [0.4, 0.5) is 0 Å². The molecule has 0 radical (unpaired) electrons. The second-order valence-electron chi connectivity index (χ2n) is 4.96. The number of ether oxygens (including phenoxy) is 4. The zero-order chi connectivity index (χ0) is 15.5. The van der Waals surface area contributed by atoms with Crippen LogP contribution in [0.25, 0.3) is 10.4 Å². The summed E-state index contributed by atoms with van der Waals surface area (Å²) in [6, 6.07) is 8.23. The molecule has 0 aromatic heterocycles. The molecule has 0 spiro atoms. The van der Waals surface area contributed by atoms with Crippen molar-refractivity contribution in [3.05, 3.63) is 46.3 Å². The second-order valence-corrected chi connectivity index (χ2v) is 4.96. The van der Waals surface area contributed by atoms with Gasteiger partial charge in [0.15, 0.2) is 18.4 Å². The summed E-state index contributed by atoms with van der Waals surface area (Å²) >= 11 is 0. The molecule has 8 nitrogen and oxygen atoms in total. The Morgan fingerprint density at radius 1 is 1.32 bits per heavy atom. The van der Waals surface area contributed by atoms with E-state index in [2.05, 4.69) is 10.0 Å². The lowest BCUT2D eigenvalue weighted by Gasteiger charge is -2.42. The van der Waals surface area contributed by atoms with E-state index in [4.69, 9.17) is 24.5 Å². The van der Waals surface area contributed by atoms with Gasteiger partial charge < -0.3 is 18.9 Å². The van der Waals surface area contributed by atoms with Crippen molar-refractivity contribution < 1.29 is 23.7 Å². The molecule has 2 fully saturated rings. The number of carbonyl (C=O) groups is 1. The van der Waals surface area contributed by atoms with Gasteiger partial charge in [0.2, 0.25) is 0 Å². The summed E-state index contributed by atoms with van der Waals surface area (Å²) in [6.45, 7) is 0.193. The van der Waals surface area contributed by atoms with Crippen LogP contribution in [-0.2, 0) is 23.7 Å². The van der Waals surface area contributed by atoms with E-state index in [9.17, 15) is 4.79 Å². The SMILES string of the molecule is CO[C@H]1O[C@@H]2CO[C@@H](c3ccccc3)O[C@H]2C(=O)[C@H]1N=[N+]=[N-]. The van der Waals surface area contributed by atoms with Gasteiger partial charge in [0, 0.05) is 17.6 Å². The van der Waals surface area contributed by atoms with Crippen molar-refractivity contribution in [2.45, 2.75) is 30.8 Å². The number of fused-ring (bicyclic) bond motifs is 1. The van der Waals surface area contributed by atoms with Gasteiger partial charge in [-0.15, -0.1) is 0 Å². The topological polar surface area (TPSA) is 103 Å². The van der Waals surface area contributed by atoms with Crippen molar-refractivity contribution in [2.24, 2.45) is 5.11 Å². The normalized spacial score (nSPS) is 34.6. The number of methoxy groups -OCH3 is 1. The average Bonchev–Trinajstić information content (AvgIpc) is 2.58. The van der Waals surface area contributed by atoms with Gasteiger partial charge in [-0.2, -0.15) is 0 Å². The highest BCUT2D eigenvalue weighted by atomic mass is 16.7. The van der Waals surface area contributed by atoms with E-state index < -0.39 is 30.8 Å². The Balaban J connectivity index is 1.80. The summed E-state index contributed by atoms with van der Waals surface area (Å²) in [5, 5.41) is 3.47. The zero-order valence-electron chi connectivity index (χ0n) is 11.9. The lowest BCUT2D eigenvalue weighted by atomic mass is 9.98. The van der Waals surface area contributed by atoms with Crippen molar-refractivity contribution >= 4 is 5.78 Å². The Morgan fingerprint density at radius 2 is 2.09 bits per heavy atom. The molecule has 2 aliphatic rings. The predicted octanol–water partition coefficient (Wildman–Crippen LogP) is 1.72. The van der Waals surface area contributed by atoms with Crippen LogP contribution in [0.3, 0.4) is 0 Å². The van der Waals surface area contributed by atoms with Crippen LogP contribution in [0.1, 0.15) is 11.9 Å². The van der Waals surface area contributed by atoms with Gasteiger partial charge in [-0.25, -0.2) is 0 Å². The molecular weight excluding hydrogens is 290 g/mol. The number of ketones is 1. The fourth-order valence-electron chi connectivity index (χ4n) is 2.58. The standard InChI is InChI=1S/C14H15N3O5/c1-19-14-10(16-17-15)11(18)12-9(21-14)7-20-13(22-12)8-5-3-2-4-6-8/h2-6,9-10,12-14H,7H2,1H3/t9-,10-,12-,13-,14+/m1/s1. The number of Topliss-reactive ketones (excluding diaryl/α,β-unsaturated/α-hetero) is 1. The summed E-state index contributed by atoms with van der Waals surface area (Å²) in [6.07, 6.45) is -3.01. The molecule has 8 heteroatoms. The highest BCUT2D eigenvalue weighted by Gasteiger charge is 2.49. The molecule has 0 bridgehead atoms. The quantitative estimate of drug-likeness (QED) is 0.480. The first-order valence-electron chi connectivity index (χ1n) is 6.83. The summed E-state index contributed by atoms with van der Waals surface area (Å²) in [5.41, 5.74) is 9.41. The molecule has 0 unspecified atom stereocenters. The van der Waals surface area contributed by atoms with E-state index >= 15 is 0 Å². The second kappa shape index (κ2) is 6.43. The van der Waals surface area contributed by atoms with Gasteiger partial charge in [-0.05, 0) is 5.53 Å². The lowest BCUT2D eigenvalue weighted by molar-refractivity contribution is -0.301. The van der Waals surface area contributed by atoms with E-state index in [1.807, 2.05) is 30.3 Å². The number of benzene rings is 1. The minimum atomic E-state index is -1.06. The Morgan fingerprint density at radius 3 is 2.77 bits per heavy atom. The first kappa shape index (κ1) is 15.0. The largest absolute Gasteiger partial charge is 0.355 e. The molecular formula is C14H15N3O5. The van der Waals surface area contributed by atoms with E-state index in [0.29, 0.717) is 0 Å². The highest BCUT2D eigenvalue weighted by molar-refractivity contribution is 5.90. The number of hydrogen-bond acceptors (Lipinski definition) is 6. The maximum absolute atomic E-state index is 12.5. The third-order valence-corrected chi connectivity index (χ3v) is 3.64. The first-order valence-corrected chi connectivity index (χ1v) is 6.83. The first-order chi connectivity index (χ1) is 10.7. The number of azide groups is 1. The summed E-state index contributed by atoms with van der Waals surface area (Å²) in [5.74, 6) is -0.356. The van der Waals surface area contributed by atoms with Gasteiger partial charge in [-0.1, -0.05) is 35.4 Å². The molecule has 3 rings (SSSR count). The number of carbonyl (C=O) groups excluding carboxylic acids is 1. The lowest BCUT2D eigenvalue weighted by Crippen LogP contribution is -2.59. The molecule has 1 aromatic rings. The summed E-state index contributed by atoms with van der Waals surface area (Å²) in [7, 11) is 1.38. The molecule has 0 aliphatic carbocycles. The molecule has 5 atom stereocenters. The molecule has 0 amide bonds. The van der Waals surface area contributed by atoms with Crippen molar-refractivity contribution in [1.29, 1.82) is 0 Å². The number of nitrogens with zero attached hydrogens (tertiary/aromatic N) is 3. The molecule has 0 saturated carbocycles. The minimum absolute atomic E-state index is 0.193. The fraction of sp³-hybridized carbons (Fsp3) is 0.500. The van der Waals surface area contributed by atoms with Crippen molar-refractivity contribution in [2.75, 3.05) is 13.7 Å². The van der Waals surface area contributed by atoms with Crippen molar-refractivity contribution in [3.8, 4) is 0 Å². The molecule has 2 heterocycles. The van der Waals surface area contributed by atoms with E-state index in [-0.39, 0.29) is 12.4 Å². The fourth-order valence-corrected chi connectivity index (χ4v) is 2.58. The molecule has 116 valence electrons. The molecule has 0 N–H and O–H groups in total. The molecule has 2 saturated heterocycles. The van der Waals surface area contributed by atoms with Crippen molar-refractivity contribution in [3.63, 3.8) is 0 Å². The van der Waals surface area contributed by atoms with Crippen LogP contribution in [-0.4, -0.2) is 44.0 Å². The van der Waals surface area contributed by atoms with Crippen LogP contribution >= 0.6 is 0 Å². The monoisotopic (exact) mass is 305 g/mol. The van der Waals surface area contributed by atoms with Gasteiger partial charge in [-0.3, -0.25) is 4.79 Å². The van der Waals surface area contributed by atoms with Gasteiger partial charge >= 0.3 is 0 Å². The molecule has 1 aromatic carbocycles. The van der Waals surface area contributed by atoms with E-state index in [1.165, 1.54) is 7.11 Å².